The molecule has 1 aromatic rings. The van der Waals surface area contributed by atoms with Gasteiger partial charge in [-0.25, -0.2) is 0 Å². The van der Waals surface area contributed by atoms with Gasteiger partial charge in [0.15, 0.2) is 0 Å². The molecule has 1 unspecified atom stereocenters. The van der Waals surface area contributed by atoms with Crippen LogP contribution in [0, 0.1) is 0 Å². The summed E-state index contributed by atoms with van der Waals surface area (Å²) in [6, 6.07) is 4.55. The van der Waals surface area contributed by atoms with Gasteiger partial charge in [-0.05, 0) is 17.9 Å². The smallest absolute Gasteiger partial charge is 0.221 e. The predicted molar refractivity (Wildman–Crippen MR) is 57.4 cm³/mol. The highest BCUT2D eigenvalue weighted by atomic mass is 32.1. The second kappa shape index (κ2) is 4.57. The fraction of sp³-hybridized carbons (Fsp3) is 0.500. The molecule has 76 valence electrons. The van der Waals surface area contributed by atoms with Crippen molar-refractivity contribution in [1.82, 2.24) is 10.6 Å². The van der Waals surface area contributed by atoms with Gasteiger partial charge in [-0.15, -0.1) is 11.3 Å². The van der Waals surface area contributed by atoms with Crippen LogP contribution in [0.4, 0.5) is 0 Å². The summed E-state index contributed by atoms with van der Waals surface area (Å²) in [5.41, 5.74) is 0. The lowest BCUT2D eigenvalue weighted by atomic mass is 10.2. The van der Waals surface area contributed by atoms with Crippen LogP contribution >= 0.6 is 11.3 Å². The molecular formula is C10H14N2OS. The number of hydrogen-bond acceptors (Lipinski definition) is 3. The molecule has 1 saturated heterocycles. The van der Waals surface area contributed by atoms with E-state index in [1.165, 1.54) is 4.88 Å². The summed E-state index contributed by atoms with van der Waals surface area (Å²) >= 11 is 1.78. The van der Waals surface area contributed by atoms with Gasteiger partial charge in [-0.1, -0.05) is 6.07 Å². The van der Waals surface area contributed by atoms with Crippen molar-refractivity contribution in [2.24, 2.45) is 0 Å². The molecule has 4 heteroatoms. The molecule has 0 spiro atoms. The Labute approximate surface area is 87.5 Å². The van der Waals surface area contributed by atoms with Crippen molar-refractivity contribution in [3.05, 3.63) is 22.4 Å². The van der Waals surface area contributed by atoms with Gasteiger partial charge in [-0.2, -0.15) is 0 Å². The van der Waals surface area contributed by atoms with Crippen LogP contribution in [-0.4, -0.2) is 25.0 Å². The lowest BCUT2D eigenvalue weighted by Crippen LogP contribution is -2.32. The summed E-state index contributed by atoms with van der Waals surface area (Å²) in [5.74, 6) is 0.165. The van der Waals surface area contributed by atoms with E-state index in [-0.39, 0.29) is 5.91 Å². The van der Waals surface area contributed by atoms with Crippen LogP contribution in [0.2, 0.25) is 0 Å². The summed E-state index contributed by atoms with van der Waals surface area (Å²) in [7, 11) is 0. The highest BCUT2D eigenvalue weighted by Crippen LogP contribution is 2.08. The van der Waals surface area contributed by atoms with E-state index in [0.717, 1.165) is 19.5 Å². The molecule has 1 atom stereocenters. The number of carbonyl (C=O) groups excluding carboxylic acids is 1. The molecule has 0 aromatic carbocycles. The lowest BCUT2D eigenvalue weighted by Gasteiger charge is -2.08. The first-order chi connectivity index (χ1) is 6.84. The van der Waals surface area contributed by atoms with Crippen molar-refractivity contribution >= 4 is 17.2 Å². The third-order valence-electron chi connectivity index (χ3n) is 2.36. The van der Waals surface area contributed by atoms with Crippen molar-refractivity contribution in [3.63, 3.8) is 0 Å². The maximum Gasteiger partial charge on any atom is 0.221 e. The largest absolute Gasteiger partial charge is 0.354 e. The fourth-order valence-electron chi connectivity index (χ4n) is 1.60. The summed E-state index contributed by atoms with van der Waals surface area (Å²) in [6.45, 7) is 1.74. The molecule has 1 aromatic heterocycles. The molecule has 1 aliphatic heterocycles. The Kier molecular flexibility index (Phi) is 3.16. The van der Waals surface area contributed by atoms with E-state index < -0.39 is 0 Å². The number of amides is 1. The standard InChI is InChI=1S/C10H14N2OS/c13-10-6-8(7-12-10)11-4-3-9-2-1-5-14-9/h1-2,5,8,11H,3-4,6-7H2,(H,12,13). The minimum absolute atomic E-state index is 0.165. The van der Waals surface area contributed by atoms with Gasteiger partial charge in [-0.3, -0.25) is 4.79 Å². The molecule has 0 radical (unpaired) electrons. The third kappa shape index (κ3) is 2.56. The predicted octanol–water partition coefficient (Wildman–Crippen LogP) is 0.769. The number of nitrogens with one attached hydrogen (secondary N) is 2. The molecule has 3 nitrogen and oxygen atoms in total. The van der Waals surface area contributed by atoms with Crippen LogP contribution in [-0.2, 0) is 11.2 Å². The lowest BCUT2D eigenvalue weighted by molar-refractivity contribution is -0.119. The second-order valence-electron chi connectivity index (χ2n) is 3.49. The summed E-state index contributed by atoms with van der Waals surface area (Å²) in [4.78, 5) is 12.3. The Balaban J connectivity index is 1.66. The Morgan fingerprint density at radius 3 is 3.21 bits per heavy atom. The quantitative estimate of drug-likeness (QED) is 0.770. The van der Waals surface area contributed by atoms with Gasteiger partial charge in [0.25, 0.3) is 0 Å². The van der Waals surface area contributed by atoms with E-state index in [2.05, 4.69) is 28.1 Å². The summed E-state index contributed by atoms with van der Waals surface area (Å²) in [6.07, 6.45) is 1.69. The van der Waals surface area contributed by atoms with Gasteiger partial charge in [0, 0.05) is 30.4 Å². The second-order valence-corrected chi connectivity index (χ2v) is 4.52. The zero-order valence-corrected chi connectivity index (χ0v) is 8.77. The molecule has 0 aliphatic carbocycles. The topological polar surface area (TPSA) is 41.1 Å². The Hall–Kier alpha value is -0.870. The Bertz CT molecular complexity index is 297. The number of rotatable bonds is 4. The van der Waals surface area contributed by atoms with Gasteiger partial charge >= 0.3 is 0 Å². The van der Waals surface area contributed by atoms with Gasteiger partial charge in [0.05, 0.1) is 0 Å². The third-order valence-corrected chi connectivity index (χ3v) is 3.30. The highest BCUT2D eigenvalue weighted by molar-refractivity contribution is 7.09. The van der Waals surface area contributed by atoms with E-state index in [1.807, 2.05) is 0 Å². The van der Waals surface area contributed by atoms with Gasteiger partial charge in [0.1, 0.15) is 0 Å². The molecule has 0 bridgehead atoms. The normalized spacial score (nSPS) is 21.1. The van der Waals surface area contributed by atoms with E-state index >= 15 is 0 Å². The molecule has 1 amide bonds. The minimum atomic E-state index is 0.165. The number of hydrogen-bond donors (Lipinski definition) is 2. The molecule has 1 aliphatic rings. The fourth-order valence-corrected chi connectivity index (χ4v) is 2.31. The average Bonchev–Trinajstić information content (AvgIpc) is 2.77. The highest BCUT2D eigenvalue weighted by Gasteiger charge is 2.19. The van der Waals surface area contributed by atoms with Crippen LogP contribution in [0.15, 0.2) is 17.5 Å². The number of carbonyl (C=O) groups is 1. The molecule has 2 heterocycles. The van der Waals surface area contributed by atoms with Crippen molar-refractivity contribution in [2.75, 3.05) is 13.1 Å². The number of thiophene rings is 1. The van der Waals surface area contributed by atoms with Crippen LogP contribution in [0.1, 0.15) is 11.3 Å². The first kappa shape index (κ1) is 9.68. The van der Waals surface area contributed by atoms with Crippen LogP contribution in [0.3, 0.4) is 0 Å². The van der Waals surface area contributed by atoms with E-state index in [9.17, 15) is 4.79 Å². The van der Waals surface area contributed by atoms with Crippen molar-refractivity contribution in [2.45, 2.75) is 18.9 Å². The zero-order valence-electron chi connectivity index (χ0n) is 7.95. The molecule has 2 N–H and O–H groups in total. The molecule has 14 heavy (non-hydrogen) atoms. The molecule has 1 fully saturated rings. The van der Waals surface area contributed by atoms with Gasteiger partial charge < -0.3 is 10.6 Å². The van der Waals surface area contributed by atoms with E-state index in [4.69, 9.17) is 0 Å². The van der Waals surface area contributed by atoms with Crippen LogP contribution in [0.5, 0.6) is 0 Å². The first-order valence-electron chi connectivity index (χ1n) is 4.87. The monoisotopic (exact) mass is 210 g/mol. The van der Waals surface area contributed by atoms with Crippen LogP contribution < -0.4 is 10.6 Å². The Morgan fingerprint density at radius 1 is 1.64 bits per heavy atom. The molecule has 2 rings (SSSR count). The van der Waals surface area contributed by atoms with E-state index in [0.29, 0.717) is 12.5 Å². The molecular weight excluding hydrogens is 196 g/mol. The maximum absolute atomic E-state index is 10.9. The minimum Gasteiger partial charge on any atom is -0.354 e. The van der Waals surface area contributed by atoms with Crippen LogP contribution in [0.25, 0.3) is 0 Å². The molecule has 0 saturated carbocycles. The van der Waals surface area contributed by atoms with E-state index in [1.54, 1.807) is 11.3 Å². The Morgan fingerprint density at radius 2 is 2.57 bits per heavy atom. The summed E-state index contributed by atoms with van der Waals surface area (Å²) in [5, 5.41) is 8.28. The van der Waals surface area contributed by atoms with Crippen molar-refractivity contribution in [3.8, 4) is 0 Å². The maximum atomic E-state index is 10.9. The SMILES string of the molecule is O=C1CC(NCCc2cccs2)CN1. The average molecular weight is 210 g/mol. The van der Waals surface area contributed by atoms with Crippen molar-refractivity contribution < 1.29 is 4.79 Å². The first-order valence-corrected chi connectivity index (χ1v) is 5.75. The van der Waals surface area contributed by atoms with Crippen molar-refractivity contribution in [1.29, 1.82) is 0 Å². The van der Waals surface area contributed by atoms with Gasteiger partial charge in [0.2, 0.25) is 5.91 Å². The zero-order chi connectivity index (χ0) is 9.80. The summed E-state index contributed by atoms with van der Waals surface area (Å²) < 4.78 is 0.